The molecule has 178 valence electrons. The van der Waals surface area contributed by atoms with Crippen LogP contribution in [0.4, 0.5) is 0 Å². The average Bonchev–Trinajstić information content (AvgIpc) is 3.26. The minimum atomic E-state index is -0.638. The van der Waals surface area contributed by atoms with Gasteiger partial charge in [-0.05, 0) is 42.5 Å². The highest BCUT2D eigenvalue weighted by molar-refractivity contribution is 5.95. The van der Waals surface area contributed by atoms with Gasteiger partial charge in [-0.25, -0.2) is 0 Å². The molecule has 9 heteroatoms. The quantitative estimate of drug-likeness (QED) is 0.569. The largest absolute Gasteiger partial charge is 0.349 e. The van der Waals surface area contributed by atoms with Gasteiger partial charge in [-0.1, -0.05) is 51.8 Å². The normalized spacial score (nSPS) is 19.2. The summed E-state index contributed by atoms with van der Waals surface area (Å²) in [5.74, 6) is -0.102. The van der Waals surface area contributed by atoms with E-state index in [0.717, 1.165) is 19.3 Å². The Balaban J connectivity index is 1.66. The molecule has 1 aliphatic carbocycles. The van der Waals surface area contributed by atoms with Gasteiger partial charge in [-0.3, -0.25) is 14.4 Å². The van der Waals surface area contributed by atoms with Crippen molar-refractivity contribution in [3.63, 3.8) is 0 Å². The smallest absolute Gasteiger partial charge is 0.251 e. The number of tetrazole rings is 1. The van der Waals surface area contributed by atoms with Crippen LogP contribution < -0.4 is 10.6 Å². The van der Waals surface area contributed by atoms with Crippen LogP contribution in [0.3, 0.4) is 0 Å². The Hall–Kier alpha value is -3.10. The maximum Gasteiger partial charge on any atom is 0.251 e. The highest BCUT2D eigenvalue weighted by Crippen LogP contribution is 2.25. The Labute approximate surface area is 194 Å². The van der Waals surface area contributed by atoms with Crippen molar-refractivity contribution in [3.8, 4) is 0 Å². The lowest BCUT2D eigenvalue weighted by Crippen LogP contribution is -2.52. The third-order valence-corrected chi connectivity index (χ3v) is 5.98. The predicted octanol–water partition coefficient (Wildman–Crippen LogP) is 2.32. The van der Waals surface area contributed by atoms with E-state index in [1.165, 1.54) is 4.80 Å². The van der Waals surface area contributed by atoms with Crippen molar-refractivity contribution < 1.29 is 14.4 Å². The molecule has 0 saturated heterocycles. The van der Waals surface area contributed by atoms with Crippen molar-refractivity contribution in [3.05, 3.63) is 41.7 Å². The number of aryl methyl sites for hydroxylation is 1. The summed E-state index contributed by atoms with van der Waals surface area (Å²) in [5.41, 5.74) is 0.571. The molecule has 1 aromatic carbocycles. The molecule has 33 heavy (non-hydrogen) atoms. The van der Waals surface area contributed by atoms with E-state index in [1.54, 1.807) is 12.1 Å². The average molecular weight is 455 g/mol. The standard InChI is InChI=1S/C24H34N6O3/c1-4-22-27-29-30(28-22)15-21(31)20(14-16(2)3)26-24(33)18-12-8-9-13-19(18)25-23(32)17-10-6-5-7-11-17/h5-7,10-11,16,18-20H,4,8-9,12-15H2,1-3H3,(H,25,32)(H,26,33)/t18-,19+,20+/m1/s1. The van der Waals surface area contributed by atoms with Crippen molar-refractivity contribution in [1.82, 2.24) is 30.8 Å². The zero-order chi connectivity index (χ0) is 23.8. The molecule has 2 aromatic rings. The number of hydrogen-bond acceptors (Lipinski definition) is 6. The third-order valence-electron chi connectivity index (χ3n) is 5.98. The first kappa shape index (κ1) is 24.5. The number of benzene rings is 1. The summed E-state index contributed by atoms with van der Waals surface area (Å²) in [6.45, 7) is 5.91. The van der Waals surface area contributed by atoms with E-state index in [-0.39, 0.29) is 42.0 Å². The van der Waals surface area contributed by atoms with E-state index in [0.29, 0.717) is 30.7 Å². The summed E-state index contributed by atoms with van der Waals surface area (Å²) in [7, 11) is 0. The zero-order valence-corrected chi connectivity index (χ0v) is 19.7. The first-order valence-corrected chi connectivity index (χ1v) is 11.8. The molecule has 0 aliphatic heterocycles. The molecule has 1 saturated carbocycles. The van der Waals surface area contributed by atoms with Crippen LogP contribution in [0, 0.1) is 11.8 Å². The second kappa shape index (κ2) is 11.7. The molecule has 0 spiro atoms. The van der Waals surface area contributed by atoms with E-state index >= 15 is 0 Å². The van der Waals surface area contributed by atoms with E-state index in [4.69, 9.17) is 0 Å². The maximum absolute atomic E-state index is 13.3. The molecule has 3 rings (SSSR count). The molecule has 0 bridgehead atoms. The van der Waals surface area contributed by atoms with Gasteiger partial charge in [-0.15, -0.1) is 10.2 Å². The van der Waals surface area contributed by atoms with Crippen molar-refractivity contribution in [2.24, 2.45) is 11.8 Å². The van der Waals surface area contributed by atoms with Crippen molar-refractivity contribution >= 4 is 17.6 Å². The van der Waals surface area contributed by atoms with Crippen LogP contribution in [0.2, 0.25) is 0 Å². The molecular weight excluding hydrogens is 420 g/mol. The lowest BCUT2D eigenvalue weighted by Gasteiger charge is -2.32. The number of amides is 2. The van der Waals surface area contributed by atoms with E-state index in [1.807, 2.05) is 39.0 Å². The van der Waals surface area contributed by atoms with Crippen LogP contribution in [0.1, 0.15) is 69.1 Å². The second-order valence-corrected chi connectivity index (χ2v) is 9.08. The lowest BCUT2D eigenvalue weighted by atomic mass is 9.83. The highest BCUT2D eigenvalue weighted by Gasteiger charge is 2.34. The number of carbonyl (C=O) groups excluding carboxylic acids is 3. The minimum Gasteiger partial charge on any atom is -0.349 e. The molecule has 3 atom stereocenters. The van der Waals surface area contributed by atoms with Crippen molar-refractivity contribution in [2.45, 2.75) is 77.9 Å². The zero-order valence-electron chi connectivity index (χ0n) is 19.7. The number of nitrogens with zero attached hydrogens (tertiary/aromatic N) is 4. The Morgan fingerprint density at radius 2 is 1.85 bits per heavy atom. The minimum absolute atomic E-state index is 0.0382. The summed E-state index contributed by atoms with van der Waals surface area (Å²) in [6, 6.07) is 8.10. The number of aromatic nitrogens is 4. The number of hydrogen-bond donors (Lipinski definition) is 2. The van der Waals surface area contributed by atoms with Crippen LogP contribution in [0.15, 0.2) is 30.3 Å². The Morgan fingerprint density at radius 1 is 1.12 bits per heavy atom. The Morgan fingerprint density at radius 3 is 2.52 bits per heavy atom. The van der Waals surface area contributed by atoms with Gasteiger partial charge >= 0.3 is 0 Å². The molecule has 1 aliphatic rings. The Kier molecular flexibility index (Phi) is 8.68. The highest BCUT2D eigenvalue weighted by atomic mass is 16.2. The number of rotatable bonds is 10. The summed E-state index contributed by atoms with van der Waals surface area (Å²) >= 11 is 0. The van der Waals surface area contributed by atoms with Crippen LogP contribution >= 0.6 is 0 Å². The number of nitrogens with one attached hydrogen (secondary N) is 2. The fourth-order valence-electron chi connectivity index (χ4n) is 4.21. The third kappa shape index (κ3) is 6.94. The SMILES string of the molecule is CCc1nnn(CC(=O)[C@H](CC(C)C)NC(=O)[C@@H]2CCCC[C@@H]2NC(=O)c2ccccc2)n1. The summed E-state index contributed by atoms with van der Waals surface area (Å²) in [4.78, 5) is 40.2. The number of carbonyl (C=O) groups is 3. The summed E-state index contributed by atoms with van der Waals surface area (Å²) in [5, 5.41) is 18.0. The summed E-state index contributed by atoms with van der Waals surface area (Å²) < 4.78 is 0. The van der Waals surface area contributed by atoms with E-state index in [9.17, 15) is 14.4 Å². The fraction of sp³-hybridized carbons (Fsp3) is 0.583. The molecule has 1 aromatic heterocycles. The number of ketones is 1. The molecule has 9 nitrogen and oxygen atoms in total. The molecule has 0 unspecified atom stereocenters. The topological polar surface area (TPSA) is 119 Å². The fourth-order valence-corrected chi connectivity index (χ4v) is 4.21. The maximum atomic E-state index is 13.3. The van der Waals surface area contributed by atoms with Gasteiger partial charge in [0, 0.05) is 18.0 Å². The monoisotopic (exact) mass is 454 g/mol. The van der Waals surface area contributed by atoms with Gasteiger partial charge in [-0.2, -0.15) is 4.80 Å². The van der Waals surface area contributed by atoms with Gasteiger partial charge < -0.3 is 10.6 Å². The van der Waals surface area contributed by atoms with Crippen LogP contribution in [-0.2, 0) is 22.6 Å². The Bertz CT molecular complexity index is 943. The molecule has 1 heterocycles. The van der Waals surface area contributed by atoms with Gasteiger partial charge in [0.2, 0.25) is 5.91 Å². The molecule has 1 fully saturated rings. The van der Waals surface area contributed by atoms with Crippen molar-refractivity contribution in [2.75, 3.05) is 0 Å². The molecule has 0 radical (unpaired) electrons. The van der Waals surface area contributed by atoms with Crippen LogP contribution in [0.25, 0.3) is 0 Å². The number of Topliss-reactive ketones (excluding diaryl/α,β-unsaturated/α-hetero) is 1. The van der Waals surface area contributed by atoms with Crippen LogP contribution in [-0.4, -0.2) is 49.9 Å². The lowest BCUT2D eigenvalue weighted by molar-refractivity contribution is -0.132. The van der Waals surface area contributed by atoms with Crippen molar-refractivity contribution in [1.29, 1.82) is 0 Å². The first-order chi connectivity index (χ1) is 15.9. The molecule has 2 amide bonds. The van der Waals surface area contributed by atoms with E-state index < -0.39 is 6.04 Å². The summed E-state index contributed by atoms with van der Waals surface area (Å²) in [6.07, 6.45) is 4.45. The van der Waals surface area contributed by atoms with E-state index in [2.05, 4.69) is 26.0 Å². The first-order valence-electron chi connectivity index (χ1n) is 11.8. The predicted molar refractivity (Wildman–Crippen MR) is 123 cm³/mol. The van der Waals surface area contributed by atoms with Gasteiger partial charge in [0.25, 0.3) is 5.91 Å². The second-order valence-electron chi connectivity index (χ2n) is 9.08. The molecular formula is C24H34N6O3. The van der Waals surface area contributed by atoms with Crippen LogP contribution in [0.5, 0.6) is 0 Å². The van der Waals surface area contributed by atoms with Gasteiger partial charge in [0.1, 0.15) is 6.54 Å². The molecule has 2 N–H and O–H groups in total. The van der Waals surface area contributed by atoms with Gasteiger partial charge in [0.15, 0.2) is 11.6 Å². The van der Waals surface area contributed by atoms with Gasteiger partial charge in [0.05, 0.1) is 12.0 Å².